The number of carboxylic acid groups (broad SMARTS) is 4. The molecule has 4 aromatic rings. The number of carboxylic acids is 4. The average molecular weight is 590 g/mol. The molecular weight excluding hydrogens is 570 g/mol. The van der Waals surface area contributed by atoms with Gasteiger partial charge in [-0.05, 0) is 11.1 Å². The predicted molar refractivity (Wildman–Crippen MR) is 133 cm³/mol. The van der Waals surface area contributed by atoms with Gasteiger partial charge in [0.15, 0.2) is 11.4 Å². The van der Waals surface area contributed by atoms with Crippen molar-refractivity contribution in [1.29, 1.82) is 0 Å². The summed E-state index contributed by atoms with van der Waals surface area (Å²) in [5.41, 5.74) is -0.0298. The van der Waals surface area contributed by atoms with Crippen LogP contribution in [0.4, 0.5) is 0 Å². The van der Waals surface area contributed by atoms with E-state index >= 15 is 0 Å². The van der Waals surface area contributed by atoms with E-state index < -0.39 is 46.7 Å². The molecule has 0 aliphatic rings. The van der Waals surface area contributed by atoms with Crippen LogP contribution < -0.4 is 78.8 Å². The second-order valence-electron chi connectivity index (χ2n) is 7.88. The Morgan fingerprint density at radius 2 is 0.881 bits per heavy atom. The average Bonchev–Trinajstić information content (AvgIpc) is 2.96. The van der Waals surface area contributed by atoms with Gasteiger partial charge in [0, 0.05) is 24.3 Å². The summed E-state index contributed by atoms with van der Waals surface area (Å²) in [7, 11) is 0. The van der Waals surface area contributed by atoms with E-state index in [-0.39, 0.29) is 83.8 Å². The van der Waals surface area contributed by atoms with Gasteiger partial charge < -0.3 is 39.5 Å². The van der Waals surface area contributed by atoms with Crippen molar-refractivity contribution in [3.8, 4) is 11.5 Å². The van der Waals surface area contributed by atoms with Crippen LogP contribution >= 0.6 is 0 Å². The van der Waals surface area contributed by atoms with Crippen molar-refractivity contribution in [3.05, 3.63) is 119 Å². The normalized spacial score (nSPS) is 9.52. The first kappa shape index (κ1) is 36.2. The standard InChI is InChI=1S/2C14H11NO5.2Na/c2*16-13(17)11-6-10(7-12(15-11)14(18)19)20-8-9-4-2-1-3-5-9;;/h2*1-7H,8H2,(H,16,17)(H,18,19);;/q;;2*+1/p-2. The fraction of sp³-hybridized carbons (Fsp3) is 0.0714. The van der Waals surface area contributed by atoms with Gasteiger partial charge in [-0.1, -0.05) is 60.7 Å². The van der Waals surface area contributed by atoms with Crippen molar-refractivity contribution in [3.63, 3.8) is 0 Å². The van der Waals surface area contributed by atoms with Crippen LogP contribution in [0.5, 0.6) is 11.5 Å². The number of ether oxygens (including phenoxy) is 2. The van der Waals surface area contributed by atoms with Crippen molar-refractivity contribution >= 4 is 23.9 Å². The second-order valence-corrected chi connectivity index (χ2v) is 7.88. The number of benzene rings is 2. The van der Waals surface area contributed by atoms with E-state index in [0.29, 0.717) is 0 Å². The quantitative estimate of drug-likeness (QED) is 0.168. The topological polar surface area (TPSA) is 199 Å². The summed E-state index contributed by atoms with van der Waals surface area (Å²) in [6.07, 6.45) is 0. The molecule has 0 bridgehead atoms. The van der Waals surface area contributed by atoms with Crippen LogP contribution in [0.1, 0.15) is 53.1 Å². The number of aromatic nitrogens is 2. The number of hydrogen-bond donors (Lipinski definition) is 2. The Labute approximate surface area is 283 Å². The molecule has 0 radical (unpaired) electrons. The van der Waals surface area contributed by atoms with Gasteiger partial charge >= 0.3 is 71.1 Å². The van der Waals surface area contributed by atoms with E-state index in [2.05, 4.69) is 9.97 Å². The van der Waals surface area contributed by atoms with Crippen LogP contribution in [0.3, 0.4) is 0 Å². The van der Waals surface area contributed by atoms with Gasteiger partial charge in [-0.2, -0.15) is 0 Å². The van der Waals surface area contributed by atoms with Crippen LogP contribution in [0.25, 0.3) is 0 Å². The summed E-state index contributed by atoms with van der Waals surface area (Å²) in [6, 6.07) is 23.0. The molecule has 0 atom stereocenters. The molecule has 42 heavy (non-hydrogen) atoms. The zero-order chi connectivity index (χ0) is 29.1. The molecule has 0 fully saturated rings. The van der Waals surface area contributed by atoms with E-state index in [4.69, 9.17) is 19.7 Å². The summed E-state index contributed by atoms with van der Waals surface area (Å²) >= 11 is 0. The SMILES string of the molecule is O=C([O-])c1cc(OCc2ccccc2)cc(C(=O)O)n1.O=C([O-])c1cc(OCc2ccccc2)cc(C(=O)O)n1.[Na+].[Na+]. The summed E-state index contributed by atoms with van der Waals surface area (Å²) < 4.78 is 10.8. The molecule has 2 heterocycles. The Bertz CT molecular complexity index is 1340. The Morgan fingerprint density at radius 3 is 1.17 bits per heavy atom. The molecule has 0 saturated heterocycles. The molecule has 0 aliphatic heterocycles. The van der Waals surface area contributed by atoms with Crippen molar-refractivity contribution in [2.45, 2.75) is 13.2 Å². The third-order valence-electron chi connectivity index (χ3n) is 4.95. The first-order valence-corrected chi connectivity index (χ1v) is 11.4. The molecule has 2 aromatic carbocycles. The van der Waals surface area contributed by atoms with Gasteiger partial charge in [0.2, 0.25) is 0 Å². The Kier molecular flexibility index (Phi) is 15.5. The first-order chi connectivity index (χ1) is 19.1. The number of nitrogens with zero attached hydrogens (tertiary/aromatic N) is 2. The van der Waals surface area contributed by atoms with Gasteiger partial charge in [-0.25, -0.2) is 19.6 Å². The minimum absolute atomic E-state index is 0. The van der Waals surface area contributed by atoms with Gasteiger partial charge in [0.1, 0.15) is 24.7 Å². The number of hydrogen-bond acceptors (Lipinski definition) is 10. The first-order valence-electron chi connectivity index (χ1n) is 11.4. The Morgan fingerprint density at radius 1 is 0.571 bits per heavy atom. The van der Waals surface area contributed by atoms with Gasteiger partial charge in [-0.15, -0.1) is 0 Å². The summed E-state index contributed by atoms with van der Waals surface area (Å²) in [6.45, 7) is 0.382. The van der Waals surface area contributed by atoms with Crippen LogP contribution in [-0.2, 0) is 13.2 Å². The molecule has 12 nitrogen and oxygen atoms in total. The molecule has 14 heteroatoms. The largest absolute Gasteiger partial charge is 1.00 e. The molecule has 2 N–H and O–H groups in total. The molecule has 0 amide bonds. The maximum Gasteiger partial charge on any atom is 1.00 e. The third kappa shape index (κ3) is 11.6. The van der Waals surface area contributed by atoms with Crippen molar-refractivity contribution < 1.29 is 108 Å². The van der Waals surface area contributed by atoms with Crippen LogP contribution in [0.15, 0.2) is 84.9 Å². The fourth-order valence-corrected chi connectivity index (χ4v) is 3.09. The maximum absolute atomic E-state index is 10.9. The van der Waals surface area contributed by atoms with Crippen molar-refractivity contribution in [2.24, 2.45) is 0 Å². The Hall–Kier alpha value is -3.78. The number of aromatic carboxylic acids is 4. The van der Waals surface area contributed by atoms with Gasteiger partial charge in [-0.3, -0.25) is 0 Å². The summed E-state index contributed by atoms with van der Waals surface area (Å²) in [4.78, 5) is 50.2. The predicted octanol–water partition coefficient (Wildman–Crippen LogP) is -4.55. The Balaban J connectivity index is 0.000000401. The molecule has 0 unspecified atom stereocenters. The maximum atomic E-state index is 10.9. The zero-order valence-electron chi connectivity index (χ0n) is 22.6. The molecule has 4 rings (SSSR count). The van der Waals surface area contributed by atoms with E-state index in [1.165, 1.54) is 0 Å². The minimum Gasteiger partial charge on any atom is -0.543 e. The van der Waals surface area contributed by atoms with E-state index in [1.54, 1.807) is 0 Å². The van der Waals surface area contributed by atoms with Crippen LogP contribution in [-0.4, -0.2) is 44.1 Å². The van der Waals surface area contributed by atoms with E-state index in [0.717, 1.165) is 35.4 Å². The molecule has 204 valence electrons. The molecule has 0 aliphatic carbocycles. The van der Waals surface area contributed by atoms with Crippen molar-refractivity contribution in [2.75, 3.05) is 0 Å². The van der Waals surface area contributed by atoms with Crippen LogP contribution in [0.2, 0.25) is 0 Å². The fourth-order valence-electron chi connectivity index (χ4n) is 3.09. The molecular formula is C28H20N2Na2O10. The van der Waals surface area contributed by atoms with E-state index in [1.807, 2.05) is 60.7 Å². The molecule has 0 saturated carbocycles. The summed E-state index contributed by atoms with van der Waals surface area (Å²) in [5.74, 6) is -5.56. The number of carbonyl (C=O) groups is 4. The molecule has 2 aromatic heterocycles. The molecule has 0 spiro atoms. The van der Waals surface area contributed by atoms with E-state index in [9.17, 15) is 29.4 Å². The van der Waals surface area contributed by atoms with Gasteiger partial charge in [0.05, 0.1) is 23.3 Å². The monoisotopic (exact) mass is 590 g/mol. The second kappa shape index (κ2) is 17.9. The summed E-state index contributed by atoms with van der Waals surface area (Å²) in [5, 5.41) is 39.3. The zero-order valence-corrected chi connectivity index (χ0v) is 26.6. The minimum atomic E-state index is -1.56. The smallest absolute Gasteiger partial charge is 0.543 e. The van der Waals surface area contributed by atoms with Crippen molar-refractivity contribution in [1.82, 2.24) is 9.97 Å². The number of rotatable bonds is 10. The third-order valence-corrected chi connectivity index (χ3v) is 4.95. The number of pyridine rings is 2. The van der Waals surface area contributed by atoms with Crippen LogP contribution in [0, 0.1) is 0 Å². The number of carbonyl (C=O) groups excluding carboxylic acids is 2. The van der Waals surface area contributed by atoms with Gasteiger partial charge in [0.25, 0.3) is 0 Å².